The number of nitrogens with two attached hydrogens (primary N) is 1. The number of carbonyl (C=O) groups is 2. The maximum Gasteiger partial charge on any atom is 0.416 e. The highest BCUT2D eigenvalue weighted by atomic mass is 19.4. The van der Waals surface area contributed by atoms with Gasteiger partial charge in [0.05, 0.1) is 29.4 Å². The summed E-state index contributed by atoms with van der Waals surface area (Å²) in [5.74, 6) is -3.44. The number of amides is 1. The summed E-state index contributed by atoms with van der Waals surface area (Å²) in [6.07, 6.45) is -5.44. The molecule has 5 rings (SSSR count). The van der Waals surface area contributed by atoms with E-state index < -0.39 is 47.6 Å². The summed E-state index contributed by atoms with van der Waals surface area (Å²) >= 11 is 0. The lowest BCUT2D eigenvalue weighted by atomic mass is 9.95. The average Bonchev–Trinajstić information content (AvgIpc) is 2.92. The average molecular weight is 574 g/mol. The summed E-state index contributed by atoms with van der Waals surface area (Å²) in [6.45, 7) is 1.42. The van der Waals surface area contributed by atoms with Crippen molar-refractivity contribution in [1.82, 2.24) is 4.90 Å². The van der Waals surface area contributed by atoms with E-state index in [0.29, 0.717) is 44.4 Å². The first-order chi connectivity index (χ1) is 19.4. The Bertz CT molecular complexity index is 1520. The maximum absolute atomic E-state index is 15.4. The second-order valence-corrected chi connectivity index (χ2v) is 9.65. The van der Waals surface area contributed by atoms with Crippen LogP contribution in [-0.2, 0) is 11.0 Å². The summed E-state index contributed by atoms with van der Waals surface area (Å²) in [5.41, 5.74) is 5.07. The molecule has 0 bridgehead atoms. The summed E-state index contributed by atoms with van der Waals surface area (Å²) in [7, 11) is 0. The number of anilines is 2. The molecule has 13 heteroatoms. The monoisotopic (exact) mass is 573 g/mol. The molecule has 2 heterocycles. The Balaban J connectivity index is 1.61. The number of piperazine rings is 1. The quantitative estimate of drug-likeness (QED) is 0.420. The second-order valence-electron chi connectivity index (χ2n) is 9.65. The van der Waals surface area contributed by atoms with E-state index in [0.717, 1.165) is 10.6 Å². The third-order valence-electron chi connectivity index (χ3n) is 7.07. The van der Waals surface area contributed by atoms with Gasteiger partial charge < -0.3 is 25.5 Å². The van der Waals surface area contributed by atoms with Crippen LogP contribution in [0.3, 0.4) is 0 Å². The highest BCUT2D eigenvalue weighted by Crippen LogP contribution is 2.43. The van der Waals surface area contributed by atoms with E-state index >= 15 is 4.39 Å². The fourth-order valence-electron chi connectivity index (χ4n) is 5.07. The lowest BCUT2D eigenvalue weighted by Crippen LogP contribution is -2.55. The Hall–Kier alpha value is -4.68. The van der Waals surface area contributed by atoms with Crippen LogP contribution in [0.4, 0.5) is 39.0 Å². The Morgan fingerprint density at radius 1 is 0.927 bits per heavy atom. The third-order valence-corrected chi connectivity index (χ3v) is 7.07. The number of hydrogen-bond donors (Lipinski definition) is 2. The van der Waals surface area contributed by atoms with Gasteiger partial charge in [0.25, 0.3) is 0 Å². The van der Waals surface area contributed by atoms with Gasteiger partial charge in [-0.25, -0.2) is 13.8 Å². The van der Waals surface area contributed by atoms with Gasteiger partial charge in [-0.05, 0) is 60.7 Å². The zero-order valence-electron chi connectivity index (χ0n) is 21.4. The maximum atomic E-state index is 15.4. The summed E-state index contributed by atoms with van der Waals surface area (Å²) < 4.78 is 69.8. The van der Waals surface area contributed by atoms with Gasteiger partial charge in [0, 0.05) is 43.0 Å². The Morgan fingerprint density at radius 3 is 2.20 bits per heavy atom. The van der Waals surface area contributed by atoms with Gasteiger partial charge in [0.15, 0.2) is 0 Å². The van der Waals surface area contributed by atoms with Gasteiger partial charge in [-0.2, -0.15) is 13.2 Å². The highest BCUT2D eigenvalue weighted by molar-refractivity contribution is 6.02. The summed E-state index contributed by atoms with van der Waals surface area (Å²) in [5, 5.41) is 9.79. The minimum atomic E-state index is -4.80. The fraction of sp³-hybridized carbons (Fsp3) is 0.250. The van der Waals surface area contributed by atoms with Crippen molar-refractivity contribution in [2.75, 3.05) is 36.0 Å². The molecule has 8 nitrogen and oxygen atoms in total. The number of carbonyl (C=O) groups excluding carboxylic acids is 1. The summed E-state index contributed by atoms with van der Waals surface area (Å²) in [4.78, 5) is 33.4. The lowest BCUT2D eigenvalue weighted by molar-refractivity contribution is -0.138. The fourth-order valence-corrected chi connectivity index (χ4v) is 5.07. The molecule has 41 heavy (non-hydrogen) atoms. The lowest BCUT2D eigenvalue weighted by Gasteiger charge is -2.45. The number of aliphatic carboxylic acids is 1. The van der Waals surface area contributed by atoms with E-state index in [1.54, 1.807) is 17.0 Å². The van der Waals surface area contributed by atoms with Crippen molar-refractivity contribution in [3.05, 3.63) is 89.0 Å². The van der Waals surface area contributed by atoms with E-state index in [2.05, 4.69) is 4.99 Å². The number of aliphatic imine (C=N–C) groups is 1. The molecule has 0 saturated carbocycles. The number of benzene rings is 3. The van der Waals surface area contributed by atoms with Gasteiger partial charge in [-0.15, -0.1) is 0 Å². The number of primary amides is 1. The van der Waals surface area contributed by atoms with Crippen LogP contribution >= 0.6 is 0 Å². The molecule has 1 atom stereocenters. The van der Waals surface area contributed by atoms with Crippen molar-refractivity contribution >= 4 is 34.9 Å². The predicted octanol–water partition coefficient (Wildman–Crippen LogP) is 4.93. The Morgan fingerprint density at radius 2 is 1.59 bits per heavy atom. The van der Waals surface area contributed by atoms with Gasteiger partial charge in [0.1, 0.15) is 11.6 Å². The van der Waals surface area contributed by atoms with Crippen molar-refractivity contribution in [3.8, 4) is 0 Å². The van der Waals surface area contributed by atoms with Gasteiger partial charge in [-0.3, -0.25) is 9.59 Å². The molecule has 0 radical (unpaired) electrons. The molecule has 1 amide bonds. The van der Waals surface area contributed by atoms with E-state index in [9.17, 15) is 32.3 Å². The topological polar surface area (TPSA) is 102 Å². The van der Waals surface area contributed by atoms with Crippen molar-refractivity contribution in [1.29, 1.82) is 0 Å². The number of carboxylic acid groups (broad SMARTS) is 1. The van der Waals surface area contributed by atoms with Crippen LogP contribution in [0.1, 0.15) is 33.9 Å². The number of rotatable bonds is 5. The Labute approximate surface area is 231 Å². The molecular weight excluding hydrogens is 549 g/mol. The number of hydrogen-bond acceptors (Lipinski definition) is 6. The molecule has 1 fully saturated rings. The number of guanidine groups is 1. The molecule has 2 aliphatic rings. The van der Waals surface area contributed by atoms with Crippen LogP contribution in [0, 0.1) is 11.6 Å². The van der Waals surface area contributed by atoms with Crippen molar-refractivity contribution < 1.29 is 36.6 Å². The van der Waals surface area contributed by atoms with Gasteiger partial charge in [-0.1, -0.05) is 0 Å². The number of nitrogens with zero attached hydrogens (tertiary/aromatic N) is 4. The van der Waals surface area contributed by atoms with Gasteiger partial charge >= 0.3 is 12.1 Å². The van der Waals surface area contributed by atoms with Crippen LogP contribution in [-0.4, -0.2) is 54.0 Å². The molecule has 1 unspecified atom stereocenters. The number of alkyl halides is 3. The van der Waals surface area contributed by atoms with E-state index in [1.807, 2.05) is 4.90 Å². The van der Waals surface area contributed by atoms with Crippen LogP contribution in [0.25, 0.3) is 0 Å². The molecule has 3 aromatic carbocycles. The first-order valence-electron chi connectivity index (χ1n) is 12.6. The zero-order chi connectivity index (χ0) is 29.5. The summed E-state index contributed by atoms with van der Waals surface area (Å²) in [6, 6.07) is 10.8. The minimum absolute atomic E-state index is 0.0372. The van der Waals surface area contributed by atoms with Gasteiger partial charge in [0.2, 0.25) is 11.9 Å². The number of halogens is 5. The number of fused-ring (bicyclic) bond motifs is 1. The zero-order valence-corrected chi connectivity index (χ0v) is 21.4. The van der Waals surface area contributed by atoms with E-state index in [-0.39, 0.29) is 28.6 Å². The first kappa shape index (κ1) is 27.9. The van der Waals surface area contributed by atoms with Crippen LogP contribution in [0.5, 0.6) is 0 Å². The molecule has 2 aliphatic heterocycles. The molecule has 3 N–H and O–H groups in total. The molecule has 0 spiro atoms. The standard InChI is InChI=1S/C28H24F5N5O3/c29-18-3-5-19(6-4-18)36-9-11-37(12-10-36)27-35-22-8-1-16(26(34)41)13-20(22)23(15-25(39)40)38(27)24-14-17(28(31,32)33)2-7-21(24)30/h1-8,13-14,23H,9-12,15H2,(H2,34,41)(H,39,40). The third kappa shape index (κ3) is 5.65. The molecular formula is C28H24F5N5O3. The van der Waals surface area contributed by atoms with Crippen molar-refractivity contribution in [2.24, 2.45) is 10.7 Å². The smallest absolute Gasteiger partial charge is 0.416 e. The highest BCUT2D eigenvalue weighted by Gasteiger charge is 2.39. The Kier molecular flexibility index (Phi) is 7.28. The molecule has 3 aromatic rings. The van der Waals surface area contributed by atoms with E-state index in [4.69, 9.17) is 5.73 Å². The van der Waals surface area contributed by atoms with Crippen molar-refractivity contribution in [2.45, 2.75) is 18.6 Å². The van der Waals surface area contributed by atoms with Crippen LogP contribution in [0.2, 0.25) is 0 Å². The molecule has 1 saturated heterocycles. The SMILES string of the molecule is NC(=O)c1ccc2c(c1)C(CC(=O)O)N(c1cc(C(F)(F)F)ccc1F)C(N1CCN(c3ccc(F)cc3)CC1)=N2. The largest absolute Gasteiger partial charge is 0.481 e. The van der Waals surface area contributed by atoms with Crippen LogP contribution in [0.15, 0.2) is 65.7 Å². The van der Waals surface area contributed by atoms with Crippen molar-refractivity contribution in [3.63, 3.8) is 0 Å². The molecule has 214 valence electrons. The molecule has 0 aliphatic carbocycles. The second kappa shape index (κ2) is 10.7. The van der Waals surface area contributed by atoms with Crippen LogP contribution < -0.4 is 15.5 Å². The normalized spacial score (nSPS) is 17.2. The van der Waals surface area contributed by atoms with E-state index in [1.165, 1.54) is 30.3 Å². The number of carboxylic acids is 1. The minimum Gasteiger partial charge on any atom is -0.481 e. The molecule has 0 aromatic heterocycles. The predicted molar refractivity (Wildman–Crippen MR) is 141 cm³/mol. The first-order valence-corrected chi connectivity index (χ1v) is 12.6.